The third kappa shape index (κ3) is 4.42. The number of carboxylic acid groups (broad SMARTS) is 1. The number of hydrogen-bond acceptors (Lipinski definition) is 4. The number of aromatic hydroxyl groups is 1. The molecule has 0 spiro atoms. The summed E-state index contributed by atoms with van der Waals surface area (Å²) >= 11 is 0. The molecule has 0 aliphatic carbocycles. The molecular weight excluding hydrogens is 258 g/mol. The summed E-state index contributed by atoms with van der Waals surface area (Å²) in [5, 5.41) is 19.0. The Morgan fingerprint density at radius 3 is 2.65 bits per heavy atom. The quantitative estimate of drug-likeness (QED) is 0.766. The summed E-state index contributed by atoms with van der Waals surface area (Å²) in [4.78, 5) is 12.8. The third-order valence-electron chi connectivity index (χ3n) is 3.26. The zero-order valence-corrected chi connectivity index (χ0v) is 12.3. The van der Waals surface area contributed by atoms with Crippen molar-refractivity contribution >= 4 is 5.97 Å². The molecule has 5 nitrogen and oxygen atoms in total. The SMILES string of the molecule is CCOc1cccc(CN(CC)C(C)CC(=O)O)c1O. The van der Waals surface area contributed by atoms with Crippen LogP contribution in [0.2, 0.25) is 0 Å². The van der Waals surface area contributed by atoms with Crippen molar-refractivity contribution in [2.75, 3.05) is 13.2 Å². The first-order chi connectivity index (χ1) is 9.49. The third-order valence-corrected chi connectivity index (χ3v) is 3.26. The Balaban J connectivity index is 2.84. The monoisotopic (exact) mass is 281 g/mol. The smallest absolute Gasteiger partial charge is 0.304 e. The lowest BCUT2D eigenvalue weighted by Crippen LogP contribution is -2.34. The van der Waals surface area contributed by atoms with Crippen LogP contribution in [0.25, 0.3) is 0 Å². The Morgan fingerprint density at radius 1 is 1.40 bits per heavy atom. The van der Waals surface area contributed by atoms with Crippen molar-refractivity contribution in [3.05, 3.63) is 23.8 Å². The number of rotatable bonds is 8. The second-order valence-corrected chi connectivity index (χ2v) is 4.71. The molecule has 0 saturated carbocycles. The number of benzene rings is 1. The first-order valence-corrected chi connectivity index (χ1v) is 6.89. The van der Waals surface area contributed by atoms with Crippen LogP contribution in [0.15, 0.2) is 18.2 Å². The van der Waals surface area contributed by atoms with E-state index in [2.05, 4.69) is 0 Å². The number of hydrogen-bond donors (Lipinski definition) is 2. The fourth-order valence-corrected chi connectivity index (χ4v) is 2.15. The first kappa shape index (κ1) is 16.3. The summed E-state index contributed by atoms with van der Waals surface area (Å²) in [5.74, 6) is -0.217. The second-order valence-electron chi connectivity index (χ2n) is 4.71. The van der Waals surface area contributed by atoms with Gasteiger partial charge in [0.05, 0.1) is 13.0 Å². The molecule has 1 unspecified atom stereocenters. The second kappa shape index (κ2) is 7.75. The van der Waals surface area contributed by atoms with Crippen molar-refractivity contribution in [3.8, 4) is 11.5 Å². The van der Waals surface area contributed by atoms with E-state index in [1.807, 2.05) is 37.8 Å². The van der Waals surface area contributed by atoms with E-state index in [4.69, 9.17) is 9.84 Å². The van der Waals surface area contributed by atoms with Gasteiger partial charge in [-0.15, -0.1) is 0 Å². The Labute approximate surface area is 119 Å². The highest BCUT2D eigenvalue weighted by Crippen LogP contribution is 2.31. The lowest BCUT2D eigenvalue weighted by molar-refractivity contribution is -0.138. The standard InChI is InChI=1S/C15H23NO4/c1-4-16(11(3)9-14(17)18)10-12-7-6-8-13(15(12)19)20-5-2/h6-8,11,19H,4-5,9-10H2,1-3H3,(H,17,18). The summed E-state index contributed by atoms with van der Waals surface area (Å²) in [5.41, 5.74) is 0.745. The largest absolute Gasteiger partial charge is 0.504 e. The highest BCUT2D eigenvalue weighted by atomic mass is 16.5. The normalized spacial score (nSPS) is 12.4. The average Bonchev–Trinajstić information content (AvgIpc) is 2.39. The van der Waals surface area contributed by atoms with Gasteiger partial charge in [0.2, 0.25) is 0 Å². The van der Waals surface area contributed by atoms with Crippen LogP contribution in [0.5, 0.6) is 11.5 Å². The lowest BCUT2D eigenvalue weighted by Gasteiger charge is -2.27. The van der Waals surface area contributed by atoms with Gasteiger partial charge in [0.25, 0.3) is 0 Å². The maximum atomic E-state index is 10.8. The molecule has 5 heteroatoms. The van der Waals surface area contributed by atoms with Crippen LogP contribution in [0.4, 0.5) is 0 Å². The van der Waals surface area contributed by atoms with Gasteiger partial charge in [-0.1, -0.05) is 19.1 Å². The fourth-order valence-electron chi connectivity index (χ4n) is 2.15. The van der Waals surface area contributed by atoms with Crippen LogP contribution in [0, 0.1) is 0 Å². The molecule has 0 heterocycles. The van der Waals surface area contributed by atoms with Gasteiger partial charge in [0, 0.05) is 18.2 Å². The van der Waals surface area contributed by atoms with Crippen molar-refractivity contribution in [3.63, 3.8) is 0 Å². The molecule has 0 aromatic heterocycles. The van der Waals surface area contributed by atoms with Crippen molar-refractivity contribution in [2.45, 2.75) is 39.8 Å². The number of para-hydroxylation sites is 1. The number of phenols is 1. The minimum Gasteiger partial charge on any atom is -0.504 e. The van der Waals surface area contributed by atoms with Crippen molar-refractivity contribution in [2.24, 2.45) is 0 Å². The molecule has 1 aromatic carbocycles. The summed E-state index contributed by atoms with van der Waals surface area (Å²) < 4.78 is 5.35. The first-order valence-electron chi connectivity index (χ1n) is 6.89. The van der Waals surface area contributed by atoms with Gasteiger partial charge in [0.1, 0.15) is 0 Å². The number of carboxylic acids is 1. The van der Waals surface area contributed by atoms with Gasteiger partial charge < -0.3 is 14.9 Å². The minimum atomic E-state index is -0.816. The highest BCUT2D eigenvalue weighted by Gasteiger charge is 2.18. The number of ether oxygens (including phenoxy) is 1. The van der Waals surface area contributed by atoms with Crippen molar-refractivity contribution in [1.82, 2.24) is 4.90 Å². The Morgan fingerprint density at radius 2 is 2.10 bits per heavy atom. The molecule has 1 atom stereocenters. The maximum absolute atomic E-state index is 10.8. The van der Waals surface area contributed by atoms with E-state index >= 15 is 0 Å². The van der Waals surface area contributed by atoms with E-state index in [1.165, 1.54) is 0 Å². The van der Waals surface area contributed by atoms with Gasteiger partial charge >= 0.3 is 5.97 Å². The van der Waals surface area contributed by atoms with Crippen molar-refractivity contribution < 1.29 is 19.7 Å². The van der Waals surface area contributed by atoms with E-state index in [0.717, 1.165) is 5.56 Å². The minimum absolute atomic E-state index is 0.0831. The van der Waals surface area contributed by atoms with Gasteiger partial charge in [-0.3, -0.25) is 9.69 Å². The summed E-state index contributed by atoms with van der Waals surface area (Å²) in [6.07, 6.45) is 0.0831. The van der Waals surface area contributed by atoms with Crippen LogP contribution >= 0.6 is 0 Å². The van der Waals surface area contributed by atoms with Gasteiger partial charge in [-0.25, -0.2) is 0 Å². The van der Waals surface area contributed by atoms with E-state index in [1.54, 1.807) is 6.07 Å². The average molecular weight is 281 g/mol. The molecule has 20 heavy (non-hydrogen) atoms. The molecule has 0 bridgehead atoms. The fraction of sp³-hybridized carbons (Fsp3) is 0.533. The van der Waals surface area contributed by atoms with Gasteiger partial charge in [-0.05, 0) is 26.5 Å². The van der Waals surface area contributed by atoms with Crippen LogP contribution in [0.3, 0.4) is 0 Å². The molecule has 0 aliphatic heterocycles. The Hall–Kier alpha value is -1.75. The predicted molar refractivity (Wildman–Crippen MR) is 77.1 cm³/mol. The van der Waals surface area contributed by atoms with E-state index in [-0.39, 0.29) is 18.2 Å². The molecule has 0 fully saturated rings. The van der Waals surface area contributed by atoms with Crippen LogP contribution in [-0.4, -0.2) is 40.3 Å². The summed E-state index contributed by atoms with van der Waals surface area (Å²) in [6, 6.07) is 5.29. The summed E-state index contributed by atoms with van der Waals surface area (Å²) in [7, 11) is 0. The maximum Gasteiger partial charge on any atom is 0.304 e. The zero-order valence-electron chi connectivity index (χ0n) is 12.3. The molecule has 0 saturated heterocycles. The van der Waals surface area contributed by atoms with E-state index in [9.17, 15) is 9.90 Å². The van der Waals surface area contributed by atoms with Gasteiger partial charge in [-0.2, -0.15) is 0 Å². The predicted octanol–water partition coefficient (Wildman–Crippen LogP) is 2.48. The van der Waals surface area contributed by atoms with E-state index < -0.39 is 5.97 Å². The molecule has 0 amide bonds. The number of aliphatic carboxylic acids is 1. The van der Waals surface area contributed by atoms with Crippen LogP contribution in [-0.2, 0) is 11.3 Å². The van der Waals surface area contributed by atoms with Gasteiger partial charge in [0.15, 0.2) is 11.5 Å². The molecular formula is C15H23NO4. The molecule has 0 radical (unpaired) electrons. The van der Waals surface area contributed by atoms with Crippen molar-refractivity contribution in [1.29, 1.82) is 0 Å². The molecule has 2 N–H and O–H groups in total. The number of carbonyl (C=O) groups is 1. The topological polar surface area (TPSA) is 70.0 Å². The van der Waals surface area contributed by atoms with Crippen LogP contribution in [0.1, 0.15) is 32.8 Å². The Bertz CT molecular complexity index is 447. The lowest BCUT2D eigenvalue weighted by atomic mass is 10.1. The van der Waals surface area contributed by atoms with Crippen LogP contribution < -0.4 is 4.74 Å². The molecule has 0 aliphatic rings. The zero-order chi connectivity index (χ0) is 15.1. The molecule has 112 valence electrons. The molecule has 1 rings (SSSR count). The number of phenolic OH excluding ortho intramolecular Hbond substituents is 1. The Kier molecular flexibility index (Phi) is 6.31. The summed E-state index contributed by atoms with van der Waals surface area (Å²) in [6.45, 7) is 7.41. The highest BCUT2D eigenvalue weighted by molar-refractivity contribution is 5.67. The molecule has 1 aromatic rings. The number of nitrogens with zero attached hydrogens (tertiary/aromatic N) is 1. The van der Waals surface area contributed by atoms with E-state index in [0.29, 0.717) is 25.4 Å².